The van der Waals surface area contributed by atoms with E-state index in [1.165, 1.54) is 18.2 Å². The highest BCUT2D eigenvalue weighted by Crippen LogP contribution is 2.33. The van der Waals surface area contributed by atoms with Crippen molar-refractivity contribution in [2.75, 3.05) is 5.32 Å². The van der Waals surface area contributed by atoms with Crippen molar-refractivity contribution in [2.24, 2.45) is 0 Å². The average molecular weight is 488 g/mol. The molecule has 0 aliphatic carbocycles. The number of Topliss-reactive ketones (excluding diaryl/α,β-unsaturated/α-hetero) is 1. The Morgan fingerprint density at radius 3 is 2.68 bits per heavy atom. The van der Waals surface area contributed by atoms with E-state index in [1.54, 1.807) is 25.3 Å². The first-order valence-electron chi connectivity index (χ1n) is 10.8. The third-order valence-electron chi connectivity index (χ3n) is 5.68. The minimum absolute atomic E-state index is 0.0387. The smallest absolute Gasteiger partial charge is 0.294 e. The molecule has 1 atom stereocenters. The lowest BCUT2D eigenvalue weighted by atomic mass is 10.1. The average Bonchev–Trinajstić information content (AvgIpc) is 3.36. The van der Waals surface area contributed by atoms with Crippen LogP contribution in [0.5, 0.6) is 0 Å². The number of ketones is 1. The van der Waals surface area contributed by atoms with Gasteiger partial charge in [0.15, 0.2) is 5.82 Å². The maximum atomic E-state index is 13.6. The minimum Gasteiger partial charge on any atom is -0.340 e. The van der Waals surface area contributed by atoms with Crippen LogP contribution < -0.4 is 10.6 Å². The number of carbonyl (C=O) groups excluding carboxylic acids is 3. The third-order valence-corrected chi connectivity index (χ3v) is 6.05. The van der Waals surface area contributed by atoms with Crippen LogP contribution >= 0.6 is 11.6 Å². The van der Waals surface area contributed by atoms with E-state index in [9.17, 15) is 18.8 Å². The van der Waals surface area contributed by atoms with Crippen LogP contribution in [-0.2, 0) is 17.8 Å². The van der Waals surface area contributed by atoms with Gasteiger partial charge in [0.1, 0.15) is 17.6 Å². The zero-order valence-electron chi connectivity index (χ0n) is 18.9. The number of aromatic nitrogens is 3. The number of carbonyl (C=O) groups is 3. The zero-order valence-corrected chi connectivity index (χ0v) is 19.6. The number of anilines is 1. The molecule has 178 valence electrons. The molecule has 4 rings (SSSR count). The normalized spacial score (nSPS) is 13.8. The van der Waals surface area contributed by atoms with Gasteiger partial charge in [-0.1, -0.05) is 16.8 Å². The van der Waals surface area contributed by atoms with Gasteiger partial charge in [-0.3, -0.25) is 14.4 Å². The molecule has 2 aromatic heterocycles. The van der Waals surface area contributed by atoms with Gasteiger partial charge < -0.3 is 19.7 Å². The molecule has 3 heterocycles. The number of halogens is 2. The van der Waals surface area contributed by atoms with Gasteiger partial charge in [-0.2, -0.15) is 4.98 Å². The van der Waals surface area contributed by atoms with Crippen LogP contribution in [0.4, 0.5) is 10.1 Å². The number of amides is 2. The van der Waals surface area contributed by atoms with Crippen LogP contribution in [0.3, 0.4) is 0 Å². The van der Waals surface area contributed by atoms with E-state index < -0.39 is 23.6 Å². The lowest BCUT2D eigenvalue weighted by molar-refractivity contribution is -0.117. The second kappa shape index (κ2) is 9.38. The standard InChI is InChI=1S/C23H23ClFN5O4/c1-11-10-14(7-8-15(11)25)28-21(32)17-16-6-4-5-9-30(16)19(18(17)24)20(31)22(33)26-12(2)23-27-13(3)29-34-23/h7-8,10,12H,4-6,9H2,1-3H3,(H,26,33)(H,28,32)/t12-/m1/s1. The first-order valence-corrected chi connectivity index (χ1v) is 11.2. The molecular formula is C23H23ClFN5O4. The summed E-state index contributed by atoms with van der Waals surface area (Å²) < 4.78 is 20.3. The highest BCUT2D eigenvalue weighted by Gasteiger charge is 2.34. The number of nitrogens with zero attached hydrogens (tertiary/aromatic N) is 3. The van der Waals surface area contributed by atoms with E-state index in [-0.39, 0.29) is 28.0 Å². The van der Waals surface area contributed by atoms with Gasteiger partial charge in [-0.25, -0.2) is 4.39 Å². The highest BCUT2D eigenvalue weighted by molar-refractivity contribution is 6.48. The fourth-order valence-corrected chi connectivity index (χ4v) is 4.37. The Kier molecular flexibility index (Phi) is 6.52. The van der Waals surface area contributed by atoms with Gasteiger partial charge in [-0.15, -0.1) is 0 Å². The van der Waals surface area contributed by atoms with Crippen molar-refractivity contribution in [1.82, 2.24) is 20.0 Å². The lowest BCUT2D eigenvalue weighted by Crippen LogP contribution is -2.35. The fraction of sp³-hybridized carbons (Fsp3) is 0.348. The van der Waals surface area contributed by atoms with Gasteiger partial charge in [0.2, 0.25) is 5.89 Å². The molecular weight excluding hydrogens is 465 g/mol. The van der Waals surface area contributed by atoms with Gasteiger partial charge in [-0.05, 0) is 63.8 Å². The summed E-state index contributed by atoms with van der Waals surface area (Å²) in [4.78, 5) is 43.1. The molecule has 0 spiro atoms. The molecule has 0 radical (unpaired) electrons. The van der Waals surface area contributed by atoms with Gasteiger partial charge in [0.25, 0.3) is 17.6 Å². The van der Waals surface area contributed by atoms with Crippen molar-refractivity contribution >= 4 is 34.9 Å². The number of fused-ring (bicyclic) bond motifs is 1. The topological polar surface area (TPSA) is 119 Å². The molecule has 34 heavy (non-hydrogen) atoms. The van der Waals surface area contributed by atoms with Gasteiger partial charge in [0.05, 0.1) is 10.6 Å². The maximum absolute atomic E-state index is 13.6. The van der Waals surface area contributed by atoms with E-state index in [4.69, 9.17) is 16.1 Å². The van der Waals surface area contributed by atoms with E-state index in [2.05, 4.69) is 20.8 Å². The Balaban J connectivity index is 1.63. The third kappa shape index (κ3) is 4.45. The SMILES string of the molecule is Cc1noc([C@@H](C)NC(=O)C(=O)c2c(Cl)c(C(=O)Nc3ccc(F)c(C)c3)c3n2CCCC3)n1. The first-order chi connectivity index (χ1) is 16.2. The van der Waals surface area contributed by atoms with Crippen molar-refractivity contribution in [3.05, 3.63) is 63.3 Å². The van der Waals surface area contributed by atoms with Crippen LogP contribution in [0.15, 0.2) is 22.7 Å². The minimum atomic E-state index is -0.905. The molecule has 0 saturated carbocycles. The maximum Gasteiger partial charge on any atom is 0.294 e. The molecule has 1 aliphatic rings. The summed E-state index contributed by atoms with van der Waals surface area (Å²) in [5.41, 5.74) is 1.46. The Hall–Kier alpha value is -3.53. The second-order valence-corrected chi connectivity index (χ2v) is 8.59. The monoisotopic (exact) mass is 487 g/mol. The largest absolute Gasteiger partial charge is 0.340 e. The molecule has 0 bridgehead atoms. The number of aryl methyl sites for hydroxylation is 2. The predicted octanol–water partition coefficient (Wildman–Crippen LogP) is 3.93. The molecule has 3 aromatic rings. The summed E-state index contributed by atoms with van der Waals surface area (Å²) in [5.74, 6) is -2.13. The van der Waals surface area contributed by atoms with Crippen molar-refractivity contribution in [3.8, 4) is 0 Å². The van der Waals surface area contributed by atoms with Crippen molar-refractivity contribution in [2.45, 2.75) is 52.6 Å². The highest BCUT2D eigenvalue weighted by atomic mass is 35.5. The Bertz CT molecular complexity index is 1300. The van der Waals surface area contributed by atoms with E-state index in [0.717, 1.165) is 12.8 Å². The summed E-state index contributed by atoms with van der Waals surface area (Å²) in [7, 11) is 0. The molecule has 11 heteroatoms. The molecule has 0 fully saturated rings. The molecule has 9 nitrogen and oxygen atoms in total. The van der Waals surface area contributed by atoms with Crippen molar-refractivity contribution in [3.63, 3.8) is 0 Å². The lowest BCUT2D eigenvalue weighted by Gasteiger charge is -2.18. The van der Waals surface area contributed by atoms with Crippen LogP contribution in [-0.4, -0.2) is 32.3 Å². The molecule has 1 aromatic carbocycles. The number of hydrogen-bond acceptors (Lipinski definition) is 6. The van der Waals surface area contributed by atoms with Crippen LogP contribution in [0.25, 0.3) is 0 Å². The number of hydrogen-bond donors (Lipinski definition) is 2. The predicted molar refractivity (Wildman–Crippen MR) is 121 cm³/mol. The van der Waals surface area contributed by atoms with E-state index in [0.29, 0.717) is 35.7 Å². The molecule has 0 unspecified atom stereocenters. The quantitative estimate of drug-likeness (QED) is 0.401. The van der Waals surface area contributed by atoms with Gasteiger partial charge in [0, 0.05) is 17.9 Å². The zero-order chi connectivity index (χ0) is 24.6. The molecule has 2 N–H and O–H groups in total. The summed E-state index contributed by atoms with van der Waals surface area (Å²) in [5, 5.41) is 8.84. The van der Waals surface area contributed by atoms with E-state index >= 15 is 0 Å². The number of nitrogens with one attached hydrogen (secondary N) is 2. The van der Waals surface area contributed by atoms with Crippen LogP contribution in [0, 0.1) is 19.7 Å². The summed E-state index contributed by atoms with van der Waals surface area (Å²) >= 11 is 6.55. The molecule has 2 amide bonds. The molecule has 1 aliphatic heterocycles. The van der Waals surface area contributed by atoms with Crippen molar-refractivity contribution < 1.29 is 23.3 Å². The van der Waals surface area contributed by atoms with Crippen molar-refractivity contribution in [1.29, 1.82) is 0 Å². The molecule has 0 saturated heterocycles. The summed E-state index contributed by atoms with van der Waals surface area (Å²) in [6.45, 7) is 5.28. The number of benzene rings is 1. The first kappa shape index (κ1) is 23.6. The van der Waals surface area contributed by atoms with Crippen LogP contribution in [0.1, 0.15) is 69.6 Å². The number of rotatable bonds is 6. The Morgan fingerprint density at radius 1 is 1.24 bits per heavy atom. The summed E-state index contributed by atoms with van der Waals surface area (Å²) in [6.07, 6.45) is 2.11. The second-order valence-electron chi connectivity index (χ2n) is 8.22. The fourth-order valence-electron chi connectivity index (χ4n) is 3.99. The Labute approximate surface area is 199 Å². The van der Waals surface area contributed by atoms with Crippen LogP contribution in [0.2, 0.25) is 5.02 Å². The summed E-state index contributed by atoms with van der Waals surface area (Å²) in [6, 6.07) is 3.50. The Morgan fingerprint density at radius 2 is 2.00 bits per heavy atom. The van der Waals surface area contributed by atoms with Gasteiger partial charge >= 0.3 is 0 Å². The van der Waals surface area contributed by atoms with E-state index in [1.807, 2.05) is 0 Å².